The van der Waals surface area contributed by atoms with Gasteiger partial charge >= 0.3 is 5.97 Å². The summed E-state index contributed by atoms with van der Waals surface area (Å²) in [6.45, 7) is 4.27. The minimum atomic E-state index is -0.272. The number of phenols is 1. The van der Waals surface area contributed by atoms with E-state index in [1.54, 1.807) is 12.1 Å². The van der Waals surface area contributed by atoms with Crippen molar-refractivity contribution >= 4 is 12.0 Å². The number of rotatable bonds is 5. The zero-order valence-corrected chi connectivity index (χ0v) is 14.5. The van der Waals surface area contributed by atoms with E-state index in [9.17, 15) is 9.90 Å². The van der Waals surface area contributed by atoms with Gasteiger partial charge in [-0.05, 0) is 41.7 Å². The van der Waals surface area contributed by atoms with Crippen LogP contribution < -0.4 is 0 Å². The maximum Gasteiger partial charge on any atom is 0.340 e. The average molecular weight is 334 g/mol. The molecule has 0 aromatic heterocycles. The third kappa shape index (κ3) is 4.18. The van der Waals surface area contributed by atoms with Gasteiger partial charge in [-0.15, -0.1) is 0 Å². The zero-order valence-electron chi connectivity index (χ0n) is 14.5. The Morgan fingerprint density at radius 2 is 1.68 bits per heavy atom. The first-order chi connectivity index (χ1) is 12.0. The van der Waals surface area contributed by atoms with Crippen molar-refractivity contribution < 1.29 is 14.6 Å². The van der Waals surface area contributed by atoms with E-state index < -0.39 is 0 Å². The Hall–Kier alpha value is -2.81. The first kappa shape index (κ1) is 17.0. The van der Waals surface area contributed by atoms with E-state index in [-0.39, 0.29) is 11.7 Å². The molecule has 1 heterocycles. The second kappa shape index (κ2) is 7.39. The summed E-state index contributed by atoms with van der Waals surface area (Å²) in [6, 6.07) is 16.8. The van der Waals surface area contributed by atoms with Gasteiger partial charge in [0.15, 0.2) is 0 Å². The summed E-state index contributed by atoms with van der Waals surface area (Å²) >= 11 is 0. The summed E-state index contributed by atoms with van der Waals surface area (Å²) < 4.78 is 5.59. The highest BCUT2D eigenvalue weighted by atomic mass is 16.5. The molecule has 0 saturated heterocycles. The lowest BCUT2D eigenvalue weighted by molar-refractivity contribution is -0.133. The Morgan fingerprint density at radius 1 is 1.00 bits per heavy atom. The molecule has 0 saturated carbocycles. The summed E-state index contributed by atoms with van der Waals surface area (Å²) in [5.41, 5.74) is 3.68. The Labute approximate surface area is 148 Å². The smallest absolute Gasteiger partial charge is 0.340 e. The van der Waals surface area contributed by atoms with Crippen LogP contribution >= 0.6 is 0 Å². The molecule has 2 aromatic rings. The Kier molecular flexibility index (Phi) is 5.03. The highest BCUT2D eigenvalue weighted by Crippen LogP contribution is 2.34. The minimum absolute atomic E-state index is 0.221. The number of esters is 1. The molecule has 1 aliphatic heterocycles. The third-order valence-electron chi connectivity index (χ3n) is 4.14. The van der Waals surface area contributed by atoms with Crippen molar-refractivity contribution in [2.75, 3.05) is 0 Å². The van der Waals surface area contributed by atoms with E-state index in [1.807, 2.05) is 48.5 Å². The molecular formula is C22H22O3. The number of aromatic hydroxyl groups is 1. The molecule has 3 heteroatoms. The van der Waals surface area contributed by atoms with Crippen molar-refractivity contribution in [2.45, 2.75) is 26.7 Å². The lowest BCUT2D eigenvalue weighted by Crippen LogP contribution is -2.03. The van der Waals surface area contributed by atoms with Crippen LogP contribution in [0.1, 0.15) is 31.4 Å². The van der Waals surface area contributed by atoms with Crippen LogP contribution in [-0.2, 0) is 16.0 Å². The fourth-order valence-corrected chi connectivity index (χ4v) is 2.94. The quantitative estimate of drug-likeness (QED) is 0.793. The van der Waals surface area contributed by atoms with Crippen LogP contribution in [0, 0.1) is 5.92 Å². The lowest BCUT2D eigenvalue weighted by Gasteiger charge is -2.09. The lowest BCUT2D eigenvalue weighted by atomic mass is 9.93. The molecule has 2 aromatic carbocycles. The molecule has 1 N–H and O–H groups in total. The molecule has 0 aliphatic carbocycles. The Bertz CT molecular complexity index is 812. The number of carbonyl (C=O) groups is 1. The number of hydrogen-bond donors (Lipinski definition) is 1. The molecule has 0 fully saturated rings. The summed E-state index contributed by atoms with van der Waals surface area (Å²) in [5.74, 6) is 1.02. The van der Waals surface area contributed by atoms with Crippen molar-refractivity contribution in [3.63, 3.8) is 0 Å². The van der Waals surface area contributed by atoms with E-state index in [4.69, 9.17) is 4.74 Å². The highest BCUT2D eigenvalue weighted by molar-refractivity contribution is 5.96. The van der Waals surface area contributed by atoms with Crippen molar-refractivity contribution in [1.82, 2.24) is 0 Å². The molecule has 25 heavy (non-hydrogen) atoms. The second-order valence-corrected chi connectivity index (χ2v) is 6.71. The topological polar surface area (TPSA) is 46.5 Å². The summed E-state index contributed by atoms with van der Waals surface area (Å²) in [4.78, 5) is 12.5. The molecule has 0 bridgehead atoms. The zero-order chi connectivity index (χ0) is 17.8. The van der Waals surface area contributed by atoms with Crippen LogP contribution in [0.3, 0.4) is 0 Å². The third-order valence-corrected chi connectivity index (χ3v) is 4.14. The number of phenolic OH excluding ortho intramolecular Hbond substituents is 1. The van der Waals surface area contributed by atoms with Crippen LogP contribution in [0.5, 0.6) is 5.75 Å². The van der Waals surface area contributed by atoms with Crippen LogP contribution in [0.4, 0.5) is 0 Å². The Balaban J connectivity index is 1.97. The maximum atomic E-state index is 12.5. The SMILES string of the molecule is CC(C)CC1=C(Cc2ccc(O)cc2)C(=O)OC1=Cc1ccccc1. The van der Waals surface area contributed by atoms with Gasteiger partial charge in [0.05, 0.1) is 0 Å². The van der Waals surface area contributed by atoms with E-state index in [2.05, 4.69) is 13.8 Å². The van der Waals surface area contributed by atoms with E-state index in [0.29, 0.717) is 23.7 Å². The van der Waals surface area contributed by atoms with Gasteiger partial charge < -0.3 is 9.84 Å². The Morgan fingerprint density at radius 3 is 2.32 bits per heavy atom. The highest BCUT2D eigenvalue weighted by Gasteiger charge is 2.30. The van der Waals surface area contributed by atoms with Crippen molar-refractivity contribution in [3.05, 3.63) is 82.6 Å². The van der Waals surface area contributed by atoms with E-state index >= 15 is 0 Å². The van der Waals surface area contributed by atoms with Gasteiger partial charge in [-0.3, -0.25) is 0 Å². The van der Waals surface area contributed by atoms with Crippen LogP contribution in [-0.4, -0.2) is 11.1 Å². The number of allylic oxidation sites excluding steroid dienone is 1. The predicted octanol–water partition coefficient (Wildman–Crippen LogP) is 4.88. The average Bonchev–Trinajstić information content (AvgIpc) is 2.86. The van der Waals surface area contributed by atoms with Gasteiger partial charge in [-0.25, -0.2) is 4.79 Å². The molecule has 128 valence electrons. The molecule has 3 rings (SSSR count). The van der Waals surface area contributed by atoms with Crippen LogP contribution in [0.15, 0.2) is 71.5 Å². The molecule has 0 unspecified atom stereocenters. The molecule has 0 atom stereocenters. The normalized spacial score (nSPS) is 16.0. The summed E-state index contributed by atoms with van der Waals surface area (Å²) in [5, 5.41) is 9.43. The van der Waals surface area contributed by atoms with Crippen molar-refractivity contribution in [3.8, 4) is 5.75 Å². The van der Waals surface area contributed by atoms with Crippen LogP contribution in [0.25, 0.3) is 6.08 Å². The van der Waals surface area contributed by atoms with Gasteiger partial charge in [0.1, 0.15) is 11.5 Å². The number of cyclic esters (lactones) is 1. The predicted molar refractivity (Wildman–Crippen MR) is 98.8 cm³/mol. The van der Waals surface area contributed by atoms with Crippen LogP contribution in [0.2, 0.25) is 0 Å². The first-order valence-corrected chi connectivity index (χ1v) is 8.52. The van der Waals surface area contributed by atoms with E-state index in [1.165, 1.54) is 0 Å². The molecule has 3 nitrogen and oxygen atoms in total. The monoisotopic (exact) mass is 334 g/mol. The van der Waals surface area contributed by atoms with Gasteiger partial charge in [0.2, 0.25) is 0 Å². The van der Waals surface area contributed by atoms with Crippen molar-refractivity contribution in [1.29, 1.82) is 0 Å². The summed E-state index contributed by atoms with van der Waals surface area (Å²) in [6.07, 6.45) is 3.23. The molecule has 0 spiro atoms. The minimum Gasteiger partial charge on any atom is -0.508 e. The fraction of sp³-hybridized carbons (Fsp3) is 0.227. The fourth-order valence-electron chi connectivity index (χ4n) is 2.94. The molecular weight excluding hydrogens is 312 g/mol. The molecule has 0 amide bonds. The van der Waals surface area contributed by atoms with Gasteiger partial charge in [0, 0.05) is 17.6 Å². The molecule has 0 radical (unpaired) electrons. The number of ether oxygens (including phenoxy) is 1. The van der Waals surface area contributed by atoms with Gasteiger partial charge in [-0.2, -0.15) is 0 Å². The van der Waals surface area contributed by atoms with Crippen molar-refractivity contribution in [2.24, 2.45) is 5.92 Å². The standard InChI is InChI=1S/C22H22O3/c1-15(2)12-19-20(13-17-8-10-18(23)11-9-17)22(24)25-21(19)14-16-6-4-3-5-7-16/h3-11,14-15,23H,12-13H2,1-2H3. The summed E-state index contributed by atoms with van der Waals surface area (Å²) in [7, 11) is 0. The van der Waals surface area contributed by atoms with E-state index in [0.717, 1.165) is 23.1 Å². The number of benzene rings is 2. The van der Waals surface area contributed by atoms with Gasteiger partial charge in [-0.1, -0.05) is 56.3 Å². The molecule has 1 aliphatic rings. The van der Waals surface area contributed by atoms with Gasteiger partial charge in [0.25, 0.3) is 0 Å². The largest absolute Gasteiger partial charge is 0.508 e. The first-order valence-electron chi connectivity index (χ1n) is 8.52. The maximum absolute atomic E-state index is 12.5. The number of carbonyl (C=O) groups excluding carboxylic acids is 1. The number of hydrogen-bond acceptors (Lipinski definition) is 3. The second-order valence-electron chi connectivity index (χ2n) is 6.71.